The summed E-state index contributed by atoms with van der Waals surface area (Å²) in [7, 11) is 0. The van der Waals surface area contributed by atoms with Gasteiger partial charge in [0.15, 0.2) is 5.82 Å². The number of nitriles is 1. The standard InChI is InChI=1S/C25H25ClF3N9/c26-18-4-5-21-17(10-18)12-37(20-13-34(14-20)16-25(27,28)29)15-23-32-33-24(38(21)23)36-8-6-35(7-9-36)22-3-1-2-19(11-30)31-22/h1-5,10,20H,6-9,12-16H2. The fraction of sp³-hybridized carbons (Fsp3) is 0.440. The highest BCUT2D eigenvalue weighted by molar-refractivity contribution is 6.30. The van der Waals surface area contributed by atoms with Crippen molar-refractivity contribution >= 4 is 23.4 Å². The molecule has 2 fully saturated rings. The lowest BCUT2D eigenvalue weighted by molar-refractivity contribution is -0.161. The van der Waals surface area contributed by atoms with E-state index in [4.69, 9.17) is 11.6 Å². The maximum Gasteiger partial charge on any atom is 0.401 e. The molecule has 38 heavy (non-hydrogen) atoms. The number of hydrogen-bond acceptors (Lipinski definition) is 8. The van der Waals surface area contributed by atoms with Gasteiger partial charge in [-0.25, -0.2) is 4.98 Å². The summed E-state index contributed by atoms with van der Waals surface area (Å²) in [6.45, 7) is 3.69. The Morgan fingerprint density at radius 1 is 1.00 bits per heavy atom. The topological polar surface area (TPSA) is 80.3 Å². The van der Waals surface area contributed by atoms with Crippen LogP contribution in [0.25, 0.3) is 5.69 Å². The Balaban J connectivity index is 1.23. The summed E-state index contributed by atoms with van der Waals surface area (Å²) >= 11 is 6.35. The largest absolute Gasteiger partial charge is 0.401 e. The molecule has 2 saturated heterocycles. The van der Waals surface area contributed by atoms with Crippen LogP contribution in [0, 0.1) is 11.3 Å². The van der Waals surface area contributed by atoms with Crippen molar-refractivity contribution in [2.75, 3.05) is 55.6 Å². The molecule has 3 aromatic rings. The lowest BCUT2D eigenvalue weighted by Crippen LogP contribution is -2.60. The quantitative estimate of drug-likeness (QED) is 0.497. The van der Waals surface area contributed by atoms with Gasteiger partial charge in [0.25, 0.3) is 0 Å². The summed E-state index contributed by atoms with van der Waals surface area (Å²) in [5, 5.41) is 18.9. The second kappa shape index (κ2) is 9.72. The van der Waals surface area contributed by atoms with Crippen molar-refractivity contribution in [3.63, 3.8) is 0 Å². The average Bonchev–Trinajstić information content (AvgIpc) is 3.21. The number of pyridine rings is 1. The van der Waals surface area contributed by atoms with Gasteiger partial charge in [-0.05, 0) is 35.9 Å². The molecule has 0 spiro atoms. The molecular formula is C25H25ClF3N9. The molecule has 0 radical (unpaired) electrons. The molecular weight excluding hydrogens is 519 g/mol. The Morgan fingerprint density at radius 3 is 2.50 bits per heavy atom. The van der Waals surface area contributed by atoms with Crippen LogP contribution in [-0.4, -0.2) is 87.6 Å². The zero-order valence-corrected chi connectivity index (χ0v) is 21.2. The van der Waals surface area contributed by atoms with E-state index in [0.29, 0.717) is 63.1 Å². The van der Waals surface area contributed by atoms with E-state index >= 15 is 0 Å². The molecule has 0 saturated carbocycles. The third-order valence-electron chi connectivity index (χ3n) is 7.31. The number of benzene rings is 1. The number of nitrogens with zero attached hydrogens (tertiary/aromatic N) is 9. The number of likely N-dealkylation sites (tertiary alicyclic amines) is 1. The van der Waals surface area contributed by atoms with Crippen molar-refractivity contribution in [3.05, 3.63) is 58.5 Å². The molecule has 3 aliphatic rings. The molecule has 13 heteroatoms. The summed E-state index contributed by atoms with van der Waals surface area (Å²) in [6.07, 6.45) is -4.20. The number of anilines is 2. The molecule has 1 aromatic carbocycles. The maximum atomic E-state index is 12.8. The van der Waals surface area contributed by atoms with Gasteiger partial charge in [-0.15, -0.1) is 10.2 Å². The third kappa shape index (κ3) is 4.89. The second-order valence-electron chi connectivity index (χ2n) is 9.86. The fourth-order valence-corrected chi connectivity index (χ4v) is 5.62. The van der Waals surface area contributed by atoms with E-state index in [2.05, 4.69) is 40.5 Å². The normalized spacial score (nSPS) is 18.9. The van der Waals surface area contributed by atoms with E-state index in [1.807, 2.05) is 30.3 Å². The molecule has 198 valence electrons. The molecule has 0 amide bonds. The van der Waals surface area contributed by atoms with Crippen molar-refractivity contribution in [1.29, 1.82) is 5.26 Å². The highest BCUT2D eigenvalue weighted by Crippen LogP contribution is 2.33. The van der Waals surface area contributed by atoms with Crippen LogP contribution in [0.2, 0.25) is 5.02 Å². The van der Waals surface area contributed by atoms with Crippen molar-refractivity contribution in [1.82, 2.24) is 29.5 Å². The second-order valence-corrected chi connectivity index (χ2v) is 10.3. The minimum Gasteiger partial charge on any atom is -0.353 e. The van der Waals surface area contributed by atoms with Crippen molar-refractivity contribution < 1.29 is 13.2 Å². The summed E-state index contributed by atoms with van der Waals surface area (Å²) in [5.41, 5.74) is 2.31. The van der Waals surface area contributed by atoms with Gasteiger partial charge >= 0.3 is 6.18 Å². The van der Waals surface area contributed by atoms with E-state index in [0.717, 1.165) is 28.8 Å². The van der Waals surface area contributed by atoms with Crippen LogP contribution in [0.5, 0.6) is 0 Å². The average molecular weight is 544 g/mol. The van der Waals surface area contributed by atoms with Crippen LogP contribution in [0.4, 0.5) is 24.9 Å². The zero-order valence-electron chi connectivity index (χ0n) is 20.4. The van der Waals surface area contributed by atoms with Crippen LogP contribution in [0.3, 0.4) is 0 Å². The highest BCUT2D eigenvalue weighted by Gasteiger charge is 2.40. The molecule has 0 bridgehead atoms. The first-order valence-electron chi connectivity index (χ1n) is 12.4. The predicted molar refractivity (Wildman–Crippen MR) is 135 cm³/mol. The molecule has 2 aromatic heterocycles. The number of aromatic nitrogens is 4. The number of halogens is 4. The van der Waals surface area contributed by atoms with Gasteiger partial charge in [-0.2, -0.15) is 18.4 Å². The van der Waals surface area contributed by atoms with E-state index in [9.17, 15) is 18.4 Å². The van der Waals surface area contributed by atoms with Crippen molar-refractivity contribution in [3.8, 4) is 11.8 Å². The van der Waals surface area contributed by atoms with Gasteiger partial charge in [-0.3, -0.25) is 14.4 Å². The van der Waals surface area contributed by atoms with Gasteiger partial charge in [-0.1, -0.05) is 17.7 Å². The Bertz CT molecular complexity index is 1370. The van der Waals surface area contributed by atoms with Crippen LogP contribution in [-0.2, 0) is 13.1 Å². The molecule has 0 aliphatic carbocycles. The van der Waals surface area contributed by atoms with Gasteiger partial charge in [0.05, 0.1) is 18.8 Å². The Labute approximate surface area is 222 Å². The van der Waals surface area contributed by atoms with E-state index in [1.54, 1.807) is 6.07 Å². The SMILES string of the molecule is N#Cc1cccc(N2CCN(c3nnc4n3-c3ccc(Cl)cc3CN(C3CN(CC(F)(F)F)C3)C4)CC2)n1. The molecule has 0 atom stereocenters. The lowest BCUT2D eigenvalue weighted by atomic mass is 10.1. The van der Waals surface area contributed by atoms with Crippen LogP contribution >= 0.6 is 11.6 Å². The van der Waals surface area contributed by atoms with Gasteiger partial charge in [0.1, 0.15) is 17.6 Å². The first-order chi connectivity index (χ1) is 18.3. The molecule has 6 rings (SSSR count). The van der Waals surface area contributed by atoms with Crippen molar-refractivity contribution in [2.45, 2.75) is 25.3 Å². The minimum atomic E-state index is -4.20. The minimum absolute atomic E-state index is 0.00361. The monoisotopic (exact) mass is 543 g/mol. The summed E-state index contributed by atoms with van der Waals surface area (Å²) in [5.74, 6) is 2.26. The van der Waals surface area contributed by atoms with Crippen LogP contribution < -0.4 is 9.80 Å². The predicted octanol–water partition coefficient (Wildman–Crippen LogP) is 3.08. The van der Waals surface area contributed by atoms with E-state index < -0.39 is 12.7 Å². The molecule has 9 nitrogen and oxygen atoms in total. The van der Waals surface area contributed by atoms with Crippen LogP contribution in [0.1, 0.15) is 17.1 Å². The number of fused-ring (bicyclic) bond motifs is 3. The van der Waals surface area contributed by atoms with E-state index in [1.165, 1.54) is 4.90 Å². The number of piperazine rings is 1. The lowest BCUT2D eigenvalue weighted by Gasteiger charge is -2.45. The molecule has 0 unspecified atom stereocenters. The number of rotatable bonds is 4. The molecule has 0 N–H and O–H groups in total. The Hall–Kier alpha value is -3.40. The summed E-state index contributed by atoms with van der Waals surface area (Å²) in [6, 6.07) is 13.2. The zero-order chi connectivity index (χ0) is 26.4. The number of alkyl halides is 3. The smallest absolute Gasteiger partial charge is 0.353 e. The summed E-state index contributed by atoms with van der Waals surface area (Å²) in [4.78, 5) is 12.3. The third-order valence-corrected chi connectivity index (χ3v) is 7.54. The summed E-state index contributed by atoms with van der Waals surface area (Å²) < 4.78 is 40.5. The van der Waals surface area contributed by atoms with Gasteiger partial charge in [0, 0.05) is 56.9 Å². The Morgan fingerprint density at radius 2 is 1.76 bits per heavy atom. The van der Waals surface area contributed by atoms with E-state index in [-0.39, 0.29) is 6.04 Å². The van der Waals surface area contributed by atoms with Gasteiger partial charge in [0.2, 0.25) is 5.95 Å². The first-order valence-corrected chi connectivity index (χ1v) is 12.8. The number of hydrogen-bond donors (Lipinski definition) is 0. The van der Waals surface area contributed by atoms with Crippen LogP contribution in [0.15, 0.2) is 36.4 Å². The first kappa shape index (κ1) is 24.9. The fourth-order valence-electron chi connectivity index (χ4n) is 5.43. The Kier molecular flexibility index (Phi) is 6.37. The molecule has 3 aliphatic heterocycles. The highest BCUT2D eigenvalue weighted by atomic mass is 35.5. The molecule has 5 heterocycles. The maximum absolute atomic E-state index is 12.8. The van der Waals surface area contributed by atoms with Crippen molar-refractivity contribution in [2.24, 2.45) is 0 Å². The van der Waals surface area contributed by atoms with Gasteiger partial charge < -0.3 is 9.80 Å².